The molecule has 0 aliphatic heterocycles. The highest BCUT2D eigenvalue weighted by atomic mass is 32.1. The standard InChI is InChI=1S/C55H32N4OS/c1-2-13-34(14-3-1)53-56-54(58-55(57-53)43-21-12-20-41-40-18-8-11-24-49(40)61-52(41)43)35-27-25-33(26-28-35)38-29-30-46(50-42-19-7-10-23-48(42)60-51(38)50)59-45-22-9-6-17-39(45)44-31-36-15-4-5-16-37(36)32-47(44)59/h1-32H. The normalized spacial score (nSPS) is 11.9. The third kappa shape index (κ3) is 5.29. The van der Waals surface area contributed by atoms with Crippen molar-refractivity contribution >= 4 is 86.0 Å². The van der Waals surface area contributed by atoms with Crippen LogP contribution in [0.5, 0.6) is 0 Å². The van der Waals surface area contributed by atoms with Crippen LogP contribution in [0.4, 0.5) is 0 Å². The Morgan fingerprint density at radius 2 is 1.05 bits per heavy atom. The molecular weight excluding hydrogens is 765 g/mol. The lowest BCUT2D eigenvalue weighted by molar-refractivity contribution is 0.670. The number of fused-ring (bicyclic) bond motifs is 10. The number of nitrogens with zero attached hydrogens (tertiary/aromatic N) is 4. The molecular formula is C55H32N4OS. The maximum Gasteiger partial charge on any atom is 0.165 e. The van der Waals surface area contributed by atoms with Crippen molar-refractivity contribution in [3.8, 4) is 51.0 Å². The summed E-state index contributed by atoms with van der Waals surface area (Å²) in [5, 5.41) is 9.51. The van der Waals surface area contributed by atoms with E-state index in [2.05, 4.69) is 174 Å². The van der Waals surface area contributed by atoms with Crippen molar-refractivity contribution in [2.45, 2.75) is 0 Å². The zero-order chi connectivity index (χ0) is 40.0. The van der Waals surface area contributed by atoms with Gasteiger partial charge >= 0.3 is 0 Å². The van der Waals surface area contributed by atoms with E-state index in [-0.39, 0.29) is 0 Å². The minimum atomic E-state index is 0.622. The highest BCUT2D eigenvalue weighted by molar-refractivity contribution is 7.26. The van der Waals surface area contributed by atoms with Crippen LogP contribution in [0, 0.1) is 0 Å². The van der Waals surface area contributed by atoms with Gasteiger partial charge in [0.15, 0.2) is 17.5 Å². The predicted molar refractivity (Wildman–Crippen MR) is 254 cm³/mol. The predicted octanol–water partition coefficient (Wildman–Crippen LogP) is 15.1. The number of aromatic nitrogens is 4. The summed E-state index contributed by atoms with van der Waals surface area (Å²) in [7, 11) is 0. The smallest absolute Gasteiger partial charge is 0.165 e. The Hall–Kier alpha value is -7.93. The van der Waals surface area contributed by atoms with Gasteiger partial charge in [0.2, 0.25) is 0 Å². The summed E-state index contributed by atoms with van der Waals surface area (Å²) in [6.45, 7) is 0. The molecule has 0 amide bonds. The van der Waals surface area contributed by atoms with E-state index in [1.165, 1.54) is 47.2 Å². The SMILES string of the molecule is c1ccc(-c2nc(-c3ccc(-c4ccc(-n5c6ccccc6c6cc7ccccc7cc65)c5c4oc4ccccc45)cc3)nc(-c3cccc4c3sc3ccccc34)n2)cc1. The Balaban J connectivity index is 0.976. The van der Waals surface area contributed by atoms with Gasteiger partial charge in [0, 0.05) is 58.6 Å². The van der Waals surface area contributed by atoms with E-state index in [4.69, 9.17) is 19.4 Å². The summed E-state index contributed by atoms with van der Waals surface area (Å²) in [6.07, 6.45) is 0. The van der Waals surface area contributed by atoms with Gasteiger partial charge in [-0.1, -0.05) is 146 Å². The molecule has 0 N–H and O–H groups in total. The minimum Gasteiger partial charge on any atom is -0.455 e. The van der Waals surface area contributed by atoms with Crippen LogP contribution in [0.2, 0.25) is 0 Å². The van der Waals surface area contributed by atoms with Gasteiger partial charge in [-0.25, -0.2) is 15.0 Å². The fourth-order valence-electron chi connectivity index (χ4n) is 9.20. The molecule has 9 aromatic carbocycles. The number of benzene rings is 9. The van der Waals surface area contributed by atoms with Gasteiger partial charge < -0.3 is 8.98 Å². The Kier molecular flexibility index (Phi) is 7.41. The maximum atomic E-state index is 6.83. The summed E-state index contributed by atoms with van der Waals surface area (Å²) < 4.78 is 11.7. The molecule has 0 aliphatic carbocycles. The first kappa shape index (κ1) is 34.0. The van der Waals surface area contributed by atoms with Crippen molar-refractivity contribution in [3.05, 3.63) is 194 Å². The molecule has 0 aliphatic rings. The molecule has 6 heteroatoms. The van der Waals surface area contributed by atoms with Gasteiger partial charge in [-0.15, -0.1) is 11.3 Å². The number of para-hydroxylation sites is 2. The van der Waals surface area contributed by atoms with Gasteiger partial charge in [0.05, 0.1) is 22.1 Å². The zero-order valence-electron chi connectivity index (χ0n) is 32.6. The Labute approximate surface area is 353 Å². The molecule has 0 spiro atoms. The first-order valence-corrected chi connectivity index (χ1v) is 21.2. The van der Waals surface area contributed by atoms with Crippen molar-refractivity contribution in [2.75, 3.05) is 0 Å². The zero-order valence-corrected chi connectivity index (χ0v) is 33.4. The van der Waals surface area contributed by atoms with Gasteiger partial charge in [0.25, 0.3) is 0 Å². The van der Waals surface area contributed by atoms with Crippen LogP contribution < -0.4 is 0 Å². The van der Waals surface area contributed by atoms with Crippen molar-refractivity contribution in [3.63, 3.8) is 0 Å². The second-order valence-electron chi connectivity index (χ2n) is 15.5. The molecule has 0 saturated heterocycles. The number of thiophene rings is 1. The van der Waals surface area contributed by atoms with Gasteiger partial charge in [-0.05, 0) is 64.9 Å². The van der Waals surface area contributed by atoms with Crippen LogP contribution in [-0.4, -0.2) is 19.5 Å². The van der Waals surface area contributed by atoms with E-state index in [1.54, 1.807) is 11.3 Å². The minimum absolute atomic E-state index is 0.622. The second kappa shape index (κ2) is 13.3. The topological polar surface area (TPSA) is 56.7 Å². The van der Waals surface area contributed by atoms with Crippen LogP contribution in [0.15, 0.2) is 199 Å². The van der Waals surface area contributed by atoms with E-state index in [0.717, 1.165) is 61.0 Å². The lowest BCUT2D eigenvalue weighted by Gasteiger charge is -2.13. The summed E-state index contributed by atoms with van der Waals surface area (Å²) in [4.78, 5) is 15.3. The van der Waals surface area contributed by atoms with Crippen LogP contribution in [-0.2, 0) is 0 Å². The Morgan fingerprint density at radius 3 is 1.89 bits per heavy atom. The van der Waals surface area contributed by atoms with E-state index >= 15 is 0 Å². The molecule has 13 aromatic rings. The summed E-state index contributed by atoms with van der Waals surface area (Å²) in [5.41, 5.74) is 10.0. The number of furan rings is 1. The number of hydrogen-bond acceptors (Lipinski definition) is 5. The van der Waals surface area contributed by atoms with Crippen molar-refractivity contribution in [1.29, 1.82) is 0 Å². The molecule has 0 fully saturated rings. The first-order valence-electron chi connectivity index (χ1n) is 20.4. The quantitative estimate of drug-likeness (QED) is 0.174. The molecule has 0 atom stereocenters. The average Bonchev–Trinajstić information content (AvgIpc) is 4.01. The fourth-order valence-corrected chi connectivity index (χ4v) is 10.4. The van der Waals surface area contributed by atoms with Crippen molar-refractivity contribution in [1.82, 2.24) is 19.5 Å². The van der Waals surface area contributed by atoms with Gasteiger partial charge in [-0.2, -0.15) is 0 Å². The maximum absolute atomic E-state index is 6.83. The Morgan fingerprint density at radius 1 is 0.410 bits per heavy atom. The lowest BCUT2D eigenvalue weighted by atomic mass is 9.99. The van der Waals surface area contributed by atoms with Gasteiger partial charge in [-0.3, -0.25) is 0 Å². The lowest BCUT2D eigenvalue weighted by Crippen LogP contribution is -2.00. The van der Waals surface area contributed by atoms with E-state index < -0.39 is 0 Å². The number of rotatable bonds is 5. The van der Waals surface area contributed by atoms with Crippen molar-refractivity contribution in [2.24, 2.45) is 0 Å². The molecule has 0 unspecified atom stereocenters. The van der Waals surface area contributed by atoms with Crippen LogP contribution in [0.3, 0.4) is 0 Å². The summed E-state index contributed by atoms with van der Waals surface area (Å²) in [6, 6.07) is 68.5. The highest BCUT2D eigenvalue weighted by Crippen LogP contribution is 2.44. The van der Waals surface area contributed by atoms with Crippen LogP contribution in [0.1, 0.15) is 0 Å². The fraction of sp³-hybridized carbons (Fsp3) is 0. The molecule has 5 nitrogen and oxygen atoms in total. The van der Waals surface area contributed by atoms with E-state index in [1.807, 2.05) is 24.3 Å². The third-order valence-corrected chi connectivity index (χ3v) is 13.3. The summed E-state index contributed by atoms with van der Waals surface area (Å²) in [5.74, 6) is 1.92. The molecule has 4 aromatic heterocycles. The first-order chi connectivity index (χ1) is 30.2. The molecule has 0 radical (unpaired) electrons. The van der Waals surface area contributed by atoms with Crippen molar-refractivity contribution < 1.29 is 4.42 Å². The number of hydrogen-bond donors (Lipinski definition) is 0. The molecule has 4 heterocycles. The monoisotopic (exact) mass is 796 g/mol. The average molecular weight is 797 g/mol. The Bertz CT molecular complexity index is 3880. The van der Waals surface area contributed by atoms with E-state index in [9.17, 15) is 0 Å². The van der Waals surface area contributed by atoms with Gasteiger partial charge in [0.1, 0.15) is 11.2 Å². The molecule has 61 heavy (non-hydrogen) atoms. The van der Waals surface area contributed by atoms with Crippen LogP contribution in [0.25, 0.3) is 126 Å². The highest BCUT2D eigenvalue weighted by Gasteiger charge is 2.22. The molecule has 0 saturated carbocycles. The summed E-state index contributed by atoms with van der Waals surface area (Å²) >= 11 is 1.78. The third-order valence-electron chi connectivity index (χ3n) is 12.1. The molecule has 13 rings (SSSR count). The largest absolute Gasteiger partial charge is 0.455 e. The van der Waals surface area contributed by atoms with Crippen LogP contribution >= 0.6 is 11.3 Å². The molecule has 284 valence electrons. The van der Waals surface area contributed by atoms with E-state index in [0.29, 0.717) is 17.5 Å². The molecule has 0 bridgehead atoms. The second-order valence-corrected chi connectivity index (χ2v) is 16.6.